The summed E-state index contributed by atoms with van der Waals surface area (Å²) >= 11 is 0. The Balaban J connectivity index is 1.89. The lowest BCUT2D eigenvalue weighted by molar-refractivity contribution is -0.0447. The van der Waals surface area contributed by atoms with Crippen molar-refractivity contribution < 1.29 is 17.6 Å². The Morgan fingerprint density at radius 3 is 2.61 bits per heavy atom. The molecule has 1 aliphatic rings. The molecule has 1 fully saturated rings. The van der Waals surface area contributed by atoms with Crippen molar-refractivity contribution in [2.45, 2.75) is 51.5 Å². The van der Waals surface area contributed by atoms with Crippen LogP contribution in [0.1, 0.15) is 54.2 Å². The molecule has 5 nitrogen and oxygen atoms in total. The molecule has 0 saturated heterocycles. The van der Waals surface area contributed by atoms with E-state index in [-0.39, 0.29) is 36.8 Å². The van der Waals surface area contributed by atoms with Crippen LogP contribution in [0.5, 0.6) is 0 Å². The Kier molecular flexibility index (Phi) is 5.36. The zero-order valence-electron chi connectivity index (χ0n) is 17.0. The van der Waals surface area contributed by atoms with Crippen LogP contribution in [0.3, 0.4) is 0 Å². The maximum atomic E-state index is 15.1. The summed E-state index contributed by atoms with van der Waals surface area (Å²) in [5, 5.41) is 4.23. The van der Waals surface area contributed by atoms with E-state index in [1.165, 1.54) is 16.9 Å². The molecule has 0 spiro atoms. The Bertz CT molecular complexity index is 1240. The van der Waals surface area contributed by atoms with E-state index in [1.807, 2.05) is 6.92 Å². The predicted octanol–water partition coefficient (Wildman–Crippen LogP) is 5.16. The molecule has 162 valence electrons. The maximum absolute atomic E-state index is 15.1. The minimum atomic E-state index is -2.74. The minimum Gasteiger partial charge on any atom is -0.285 e. The second-order valence-corrected chi connectivity index (χ2v) is 7.87. The van der Waals surface area contributed by atoms with Gasteiger partial charge in [0.15, 0.2) is 11.5 Å². The van der Waals surface area contributed by atoms with E-state index in [1.54, 1.807) is 13.0 Å². The van der Waals surface area contributed by atoms with Crippen molar-refractivity contribution in [3.05, 3.63) is 63.1 Å². The van der Waals surface area contributed by atoms with Crippen LogP contribution in [0.15, 0.2) is 29.2 Å². The van der Waals surface area contributed by atoms with Gasteiger partial charge >= 0.3 is 0 Å². The summed E-state index contributed by atoms with van der Waals surface area (Å²) in [6.07, 6.45) is 1.83. The van der Waals surface area contributed by atoms with Crippen LogP contribution >= 0.6 is 0 Å². The van der Waals surface area contributed by atoms with Gasteiger partial charge in [0.25, 0.3) is 0 Å². The molecule has 0 unspecified atom stereocenters. The maximum Gasteiger partial charge on any atom is 0.248 e. The van der Waals surface area contributed by atoms with E-state index >= 15 is 4.39 Å². The summed E-state index contributed by atoms with van der Waals surface area (Å²) < 4.78 is 57.2. The van der Waals surface area contributed by atoms with Crippen LogP contribution in [0.2, 0.25) is 0 Å². The third kappa shape index (κ3) is 4.22. The number of hydrogen-bond acceptors (Lipinski definition) is 4. The number of aryl methyl sites for hydroxylation is 2. The Hall–Kier alpha value is -3.10. The van der Waals surface area contributed by atoms with Gasteiger partial charge in [-0.2, -0.15) is 9.49 Å². The van der Waals surface area contributed by atoms with Gasteiger partial charge in [-0.3, -0.25) is 9.48 Å². The molecule has 0 aliphatic heterocycles. The van der Waals surface area contributed by atoms with Gasteiger partial charge in [-0.1, -0.05) is 0 Å². The largest absolute Gasteiger partial charge is 0.285 e. The van der Waals surface area contributed by atoms with Crippen molar-refractivity contribution in [2.75, 3.05) is 0 Å². The molecule has 0 aromatic carbocycles. The predicted molar refractivity (Wildman–Crippen MR) is 109 cm³/mol. The molecule has 0 N–H and O–H groups in total. The topological polar surface area (TPSA) is 60.7 Å². The monoisotopic (exact) mass is 432 g/mol. The fourth-order valence-corrected chi connectivity index (χ4v) is 3.78. The first-order valence-corrected chi connectivity index (χ1v) is 9.92. The molecule has 31 heavy (non-hydrogen) atoms. The highest BCUT2D eigenvalue weighted by molar-refractivity contribution is 5.81. The van der Waals surface area contributed by atoms with Crippen LogP contribution in [-0.4, -0.2) is 25.7 Å². The van der Waals surface area contributed by atoms with Crippen molar-refractivity contribution in [2.24, 2.45) is 0 Å². The molecular formula is C22H20F4N4O. The molecule has 3 aromatic heterocycles. The number of nitrogens with zero attached hydrogens (tertiary/aromatic N) is 4. The van der Waals surface area contributed by atoms with E-state index in [2.05, 4.69) is 15.1 Å². The number of alkyl halides is 2. The SMILES string of the molecule is Cc1cc2c(nc1C)c(=O)c(/C(F)=C/c1ccnc(F)c1)nn2C1CCC(F)(F)CC1. The molecule has 1 aliphatic carbocycles. The van der Waals surface area contributed by atoms with Crippen LogP contribution < -0.4 is 5.43 Å². The zero-order chi connectivity index (χ0) is 22.3. The van der Waals surface area contributed by atoms with Crippen LogP contribution in [0.4, 0.5) is 17.6 Å². The van der Waals surface area contributed by atoms with Gasteiger partial charge in [-0.25, -0.2) is 23.1 Å². The van der Waals surface area contributed by atoms with E-state index in [0.29, 0.717) is 11.2 Å². The number of halogens is 4. The molecule has 0 amide bonds. The van der Waals surface area contributed by atoms with Gasteiger partial charge in [0.05, 0.1) is 11.6 Å². The average Bonchev–Trinajstić information content (AvgIpc) is 2.70. The first-order chi connectivity index (χ1) is 14.6. The molecule has 4 rings (SSSR count). The van der Waals surface area contributed by atoms with Crippen LogP contribution in [-0.2, 0) is 0 Å². The second-order valence-electron chi connectivity index (χ2n) is 7.87. The second kappa shape index (κ2) is 7.86. The Morgan fingerprint density at radius 2 is 1.94 bits per heavy atom. The summed E-state index contributed by atoms with van der Waals surface area (Å²) in [5.74, 6) is -4.50. The number of aromatic nitrogens is 4. The quantitative estimate of drug-likeness (QED) is 0.424. The van der Waals surface area contributed by atoms with E-state index < -0.39 is 34.9 Å². The normalized spacial score (nSPS) is 17.3. The first-order valence-electron chi connectivity index (χ1n) is 9.92. The summed E-state index contributed by atoms with van der Waals surface area (Å²) in [7, 11) is 0. The Labute approximate surface area is 175 Å². The molecular weight excluding hydrogens is 412 g/mol. The molecule has 9 heteroatoms. The van der Waals surface area contributed by atoms with Gasteiger partial charge in [-0.05, 0) is 56.0 Å². The smallest absolute Gasteiger partial charge is 0.248 e. The third-order valence-corrected chi connectivity index (χ3v) is 5.63. The van der Waals surface area contributed by atoms with Crippen molar-refractivity contribution >= 4 is 22.9 Å². The lowest BCUT2D eigenvalue weighted by Crippen LogP contribution is -2.29. The molecule has 0 atom stereocenters. The van der Waals surface area contributed by atoms with Gasteiger partial charge in [0.1, 0.15) is 5.52 Å². The van der Waals surface area contributed by atoms with Crippen molar-refractivity contribution in [1.29, 1.82) is 0 Å². The molecule has 0 radical (unpaired) electrons. The van der Waals surface area contributed by atoms with Gasteiger partial charge < -0.3 is 0 Å². The van der Waals surface area contributed by atoms with Gasteiger partial charge in [-0.15, -0.1) is 0 Å². The van der Waals surface area contributed by atoms with Crippen LogP contribution in [0, 0.1) is 19.8 Å². The Morgan fingerprint density at radius 1 is 1.23 bits per heavy atom. The fourth-order valence-electron chi connectivity index (χ4n) is 3.78. The molecule has 1 saturated carbocycles. The molecule has 3 heterocycles. The van der Waals surface area contributed by atoms with E-state index in [0.717, 1.165) is 17.7 Å². The third-order valence-electron chi connectivity index (χ3n) is 5.63. The van der Waals surface area contributed by atoms with Gasteiger partial charge in [0.2, 0.25) is 17.3 Å². The van der Waals surface area contributed by atoms with Crippen LogP contribution in [0.25, 0.3) is 22.9 Å². The summed E-state index contributed by atoms with van der Waals surface area (Å²) in [6, 6.07) is 3.71. The highest BCUT2D eigenvalue weighted by Gasteiger charge is 2.36. The number of hydrogen-bond donors (Lipinski definition) is 0. The number of rotatable bonds is 3. The average molecular weight is 432 g/mol. The highest BCUT2D eigenvalue weighted by Crippen LogP contribution is 2.39. The fraction of sp³-hybridized carbons (Fsp3) is 0.364. The van der Waals surface area contributed by atoms with Crippen molar-refractivity contribution in [3.8, 4) is 0 Å². The molecule has 0 bridgehead atoms. The zero-order valence-corrected chi connectivity index (χ0v) is 17.0. The number of fused-ring (bicyclic) bond motifs is 1. The summed E-state index contributed by atoms with van der Waals surface area (Å²) in [4.78, 5) is 20.8. The highest BCUT2D eigenvalue weighted by atomic mass is 19.3. The summed E-state index contributed by atoms with van der Waals surface area (Å²) in [5.41, 5.74) is 0.785. The van der Waals surface area contributed by atoms with Gasteiger partial charge in [0, 0.05) is 30.8 Å². The van der Waals surface area contributed by atoms with E-state index in [9.17, 15) is 18.0 Å². The lowest BCUT2D eigenvalue weighted by atomic mass is 9.92. The molecule has 3 aromatic rings. The van der Waals surface area contributed by atoms with Crippen molar-refractivity contribution in [3.63, 3.8) is 0 Å². The van der Waals surface area contributed by atoms with E-state index in [4.69, 9.17) is 0 Å². The van der Waals surface area contributed by atoms with Crippen molar-refractivity contribution in [1.82, 2.24) is 19.7 Å². The number of pyridine rings is 2. The summed E-state index contributed by atoms with van der Waals surface area (Å²) in [6.45, 7) is 3.55. The standard InChI is InChI=1S/C22H20F4N4O/c1-12-9-17-20(28-13(12)2)21(31)19(16(23)10-14-5-8-27-18(24)11-14)29-30(17)15-3-6-22(25,26)7-4-15/h5,8-11,15H,3-4,6-7H2,1-2H3/b16-10-. The lowest BCUT2D eigenvalue weighted by Gasteiger charge is -2.30. The minimum absolute atomic E-state index is 0.0230. The first kappa shape index (κ1) is 21.1.